The summed E-state index contributed by atoms with van der Waals surface area (Å²) < 4.78 is 15.3. The van der Waals surface area contributed by atoms with E-state index in [2.05, 4.69) is 38.9 Å². The molecule has 0 unspecified atom stereocenters. The molecule has 1 atom stereocenters. The molecular weight excluding hydrogens is 504 g/mol. The second-order valence-corrected chi connectivity index (χ2v) is 9.33. The van der Waals surface area contributed by atoms with E-state index in [0.29, 0.717) is 24.3 Å². The topological polar surface area (TPSA) is 100 Å². The van der Waals surface area contributed by atoms with Gasteiger partial charge in [0.15, 0.2) is 5.76 Å². The molecule has 0 fully saturated rings. The van der Waals surface area contributed by atoms with Crippen molar-refractivity contribution in [2.24, 2.45) is 0 Å². The number of hydrogen-bond donors (Lipinski definition) is 1. The Balaban J connectivity index is 1.33. The highest BCUT2D eigenvalue weighted by Crippen LogP contribution is 2.28. The molecule has 0 radical (unpaired) electrons. The van der Waals surface area contributed by atoms with E-state index in [-0.39, 0.29) is 11.7 Å². The Morgan fingerprint density at radius 3 is 2.65 bits per heavy atom. The van der Waals surface area contributed by atoms with Gasteiger partial charge in [-0.1, -0.05) is 18.2 Å². The first-order chi connectivity index (χ1) is 19.6. The highest BCUT2D eigenvalue weighted by atomic mass is 16.5. The van der Waals surface area contributed by atoms with Crippen molar-refractivity contribution in [2.75, 3.05) is 7.11 Å². The first-order valence-corrected chi connectivity index (χ1v) is 13.1. The maximum atomic E-state index is 13.5. The molecule has 0 saturated heterocycles. The Bertz CT molecular complexity index is 1740. The van der Waals surface area contributed by atoms with E-state index in [9.17, 15) is 4.79 Å². The maximum Gasteiger partial charge on any atom is 0.287 e. The third-order valence-electron chi connectivity index (χ3n) is 6.87. The molecule has 1 N–H and O–H groups in total. The zero-order valence-electron chi connectivity index (χ0n) is 22.2. The highest BCUT2D eigenvalue weighted by molar-refractivity contribution is 5.96. The van der Waals surface area contributed by atoms with Crippen molar-refractivity contribution in [3.8, 4) is 22.7 Å². The molecule has 200 valence electrons. The minimum absolute atomic E-state index is 0.221. The average molecular weight is 533 g/mol. The first kappa shape index (κ1) is 25.1. The van der Waals surface area contributed by atoms with E-state index in [0.717, 1.165) is 33.8 Å². The number of nitrogens with zero attached hydrogens (tertiary/aromatic N) is 5. The second-order valence-electron chi connectivity index (χ2n) is 9.33. The number of ether oxygens (including phenoxy) is 1. The van der Waals surface area contributed by atoms with Gasteiger partial charge in [0.1, 0.15) is 17.2 Å². The summed E-state index contributed by atoms with van der Waals surface area (Å²) in [7, 11) is 1.61. The summed E-state index contributed by atoms with van der Waals surface area (Å²) in [5.74, 6) is 1.34. The molecule has 0 aliphatic heterocycles. The van der Waals surface area contributed by atoms with E-state index in [4.69, 9.17) is 14.1 Å². The first-order valence-electron chi connectivity index (χ1n) is 13.1. The number of hydrogen-bond acceptors (Lipinski definition) is 6. The van der Waals surface area contributed by atoms with E-state index < -0.39 is 6.04 Å². The zero-order valence-corrected chi connectivity index (χ0v) is 22.2. The van der Waals surface area contributed by atoms with Gasteiger partial charge in [0.2, 0.25) is 0 Å². The van der Waals surface area contributed by atoms with Crippen molar-refractivity contribution < 1.29 is 13.9 Å². The Hall–Kier alpha value is -5.18. The minimum Gasteiger partial charge on any atom is -0.497 e. The summed E-state index contributed by atoms with van der Waals surface area (Å²) in [4.78, 5) is 26.9. The monoisotopic (exact) mass is 532 g/mol. The molecule has 6 aromatic rings. The fourth-order valence-corrected chi connectivity index (χ4v) is 4.87. The van der Waals surface area contributed by atoms with E-state index in [1.807, 2.05) is 53.4 Å². The van der Waals surface area contributed by atoms with Gasteiger partial charge in [0, 0.05) is 48.3 Å². The van der Waals surface area contributed by atoms with Gasteiger partial charge in [-0.15, -0.1) is 0 Å². The Morgan fingerprint density at radius 2 is 1.93 bits per heavy atom. The smallest absolute Gasteiger partial charge is 0.287 e. The summed E-state index contributed by atoms with van der Waals surface area (Å²) in [6.45, 7) is 2.74. The molecule has 9 heteroatoms. The van der Waals surface area contributed by atoms with Crippen molar-refractivity contribution >= 4 is 16.9 Å². The number of carbonyl (C=O) groups excluding carboxylic acids is 1. The van der Waals surface area contributed by atoms with Crippen LogP contribution in [-0.2, 0) is 13.0 Å². The van der Waals surface area contributed by atoms with Crippen molar-refractivity contribution in [2.45, 2.75) is 25.9 Å². The number of fused-ring (bicyclic) bond motifs is 1. The second kappa shape index (κ2) is 10.9. The van der Waals surface area contributed by atoms with Gasteiger partial charge in [-0.2, -0.15) is 0 Å². The lowest BCUT2D eigenvalue weighted by atomic mass is 10.1. The van der Waals surface area contributed by atoms with Crippen LogP contribution in [0.1, 0.15) is 35.0 Å². The van der Waals surface area contributed by atoms with Crippen LogP contribution in [0.15, 0.2) is 102 Å². The number of amides is 1. The molecule has 6 rings (SSSR count). The van der Waals surface area contributed by atoms with E-state index >= 15 is 0 Å². The number of pyridine rings is 1. The number of imidazole rings is 2. The molecule has 4 aromatic heterocycles. The Kier molecular flexibility index (Phi) is 6.84. The van der Waals surface area contributed by atoms with Crippen LogP contribution < -0.4 is 10.1 Å². The number of aromatic nitrogens is 5. The van der Waals surface area contributed by atoms with Crippen LogP contribution in [0.5, 0.6) is 5.75 Å². The molecule has 0 bridgehead atoms. The van der Waals surface area contributed by atoms with Crippen LogP contribution in [-0.4, -0.2) is 37.1 Å². The third kappa shape index (κ3) is 4.96. The van der Waals surface area contributed by atoms with Crippen molar-refractivity contribution in [3.05, 3.63) is 115 Å². The van der Waals surface area contributed by atoms with Gasteiger partial charge in [-0.3, -0.25) is 9.78 Å². The third-order valence-corrected chi connectivity index (χ3v) is 6.87. The predicted molar refractivity (Wildman–Crippen MR) is 151 cm³/mol. The van der Waals surface area contributed by atoms with Crippen LogP contribution in [0.2, 0.25) is 0 Å². The molecule has 2 aromatic carbocycles. The van der Waals surface area contributed by atoms with Gasteiger partial charge in [-0.05, 0) is 61.0 Å². The molecule has 4 heterocycles. The highest BCUT2D eigenvalue weighted by Gasteiger charge is 2.25. The summed E-state index contributed by atoms with van der Waals surface area (Å²) >= 11 is 0. The predicted octanol–water partition coefficient (Wildman–Crippen LogP) is 5.62. The quantitative estimate of drug-likeness (QED) is 0.259. The number of methoxy groups -OCH3 is 1. The van der Waals surface area contributed by atoms with Gasteiger partial charge < -0.3 is 23.6 Å². The SMILES string of the molecule is CCn1c(-c2ccc(-n3ccnc3)cc2)cnc1[C@H](Cc1ccccn1)NC(=O)c1cc2cc(OC)ccc2o1. The molecule has 40 heavy (non-hydrogen) atoms. The van der Waals surface area contributed by atoms with E-state index in [1.54, 1.807) is 44.0 Å². The molecule has 0 saturated carbocycles. The largest absolute Gasteiger partial charge is 0.497 e. The van der Waals surface area contributed by atoms with Crippen molar-refractivity contribution in [1.82, 2.24) is 29.4 Å². The van der Waals surface area contributed by atoms with Gasteiger partial charge in [0.25, 0.3) is 5.91 Å². The van der Waals surface area contributed by atoms with Crippen LogP contribution in [0.25, 0.3) is 27.9 Å². The molecular formula is C31H28N6O3. The van der Waals surface area contributed by atoms with E-state index in [1.165, 1.54) is 0 Å². The molecule has 0 spiro atoms. The standard InChI is InChI=1S/C31H28N6O3/c1-3-37-27(21-7-9-24(10-8-21)36-15-14-32-20-36)19-34-30(37)26(18-23-6-4-5-13-33-23)35-31(38)29-17-22-16-25(39-2)11-12-28(22)40-29/h4-17,19-20,26H,3,18H2,1-2H3,(H,35,38)/t26-/m0/s1. The van der Waals surface area contributed by atoms with Crippen LogP contribution in [0.3, 0.4) is 0 Å². The minimum atomic E-state index is -0.441. The lowest BCUT2D eigenvalue weighted by Gasteiger charge is -2.20. The van der Waals surface area contributed by atoms with Gasteiger partial charge in [0.05, 0.1) is 31.4 Å². The Labute approximate surface area is 231 Å². The number of carbonyl (C=O) groups is 1. The van der Waals surface area contributed by atoms with Crippen LogP contribution >= 0.6 is 0 Å². The van der Waals surface area contributed by atoms with Crippen LogP contribution in [0, 0.1) is 0 Å². The van der Waals surface area contributed by atoms with Crippen LogP contribution in [0.4, 0.5) is 0 Å². The molecule has 1 amide bonds. The fraction of sp³-hybridized carbons (Fsp3) is 0.161. The number of rotatable bonds is 9. The molecule has 9 nitrogen and oxygen atoms in total. The number of furan rings is 1. The summed E-state index contributed by atoms with van der Waals surface area (Å²) in [5.41, 5.74) is 4.47. The maximum absolute atomic E-state index is 13.5. The molecule has 0 aliphatic carbocycles. The summed E-state index contributed by atoms with van der Waals surface area (Å²) in [6.07, 6.45) is 9.51. The average Bonchev–Trinajstić information content (AvgIpc) is 3.76. The van der Waals surface area contributed by atoms with Crippen molar-refractivity contribution in [3.63, 3.8) is 0 Å². The molecule has 0 aliphatic rings. The number of nitrogens with one attached hydrogen (secondary N) is 1. The lowest BCUT2D eigenvalue weighted by molar-refractivity contribution is 0.0908. The normalized spacial score (nSPS) is 11.9. The lowest BCUT2D eigenvalue weighted by Crippen LogP contribution is -2.32. The van der Waals surface area contributed by atoms with Gasteiger partial charge in [-0.25, -0.2) is 9.97 Å². The zero-order chi connectivity index (χ0) is 27.5. The van der Waals surface area contributed by atoms with Crippen molar-refractivity contribution in [1.29, 1.82) is 0 Å². The fourth-order valence-electron chi connectivity index (χ4n) is 4.87. The summed E-state index contributed by atoms with van der Waals surface area (Å²) in [5, 5.41) is 3.95. The van der Waals surface area contributed by atoms with Gasteiger partial charge >= 0.3 is 0 Å². The number of benzene rings is 2. The Morgan fingerprint density at radius 1 is 1.05 bits per heavy atom. The summed E-state index contributed by atoms with van der Waals surface area (Å²) in [6, 6.07) is 20.7.